The van der Waals surface area contributed by atoms with Crippen molar-refractivity contribution in [3.63, 3.8) is 0 Å². The van der Waals surface area contributed by atoms with Gasteiger partial charge in [0.1, 0.15) is 0 Å². The Balaban J connectivity index is 0.00000225. The van der Waals surface area contributed by atoms with E-state index in [0.29, 0.717) is 10.8 Å². The van der Waals surface area contributed by atoms with Crippen LogP contribution in [0.2, 0.25) is 0 Å². The zero-order chi connectivity index (χ0) is 16.6. The second-order valence-corrected chi connectivity index (χ2v) is 5.37. The molecule has 127 valence electrons. The molecule has 0 saturated carbocycles. The van der Waals surface area contributed by atoms with Gasteiger partial charge in [0.25, 0.3) is 0 Å². The summed E-state index contributed by atoms with van der Waals surface area (Å²) in [6, 6.07) is 25.2. The van der Waals surface area contributed by atoms with Crippen molar-refractivity contribution in [3.8, 4) is 0 Å². The van der Waals surface area contributed by atoms with Crippen LogP contribution in [-0.2, 0) is 29.3 Å². The quantitative estimate of drug-likeness (QED) is 0.183. The number of pyridine rings is 1. The standard InChI is InChI=1S/C19H16N4S.Cu/c24-19(21-16-11-5-2-6-12-16)23-22-18(15-9-3-1-4-10-15)17-13-7-8-14-20-17;/h1-14H,(H2,20,21,23,24);/q;+2. The molecule has 0 fully saturated rings. The summed E-state index contributed by atoms with van der Waals surface area (Å²) in [5.74, 6) is 0. The van der Waals surface area contributed by atoms with Crippen molar-refractivity contribution in [3.05, 3.63) is 102 Å². The summed E-state index contributed by atoms with van der Waals surface area (Å²) in [5, 5.41) is 7.86. The second kappa shape index (κ2) is 9.69. The van der Waals surface area contributed by atoms with Crippen LogP contribution in [-0.4, -0.2) is 15.8 Å². The molecule has 0 atom stereocenters. The van der Waals surface area contributed by atoms with Crippen LogP contribution in [0.25, 0.3) is 5.43 Å². The van der Waals surface area contributed by atoms with E-state index >= 15 is 0 Å². The zero-order valence-corrected chi connectivity index (χ0v) is 15.0. The number of rotatable bonds is 4. The number of hydrogen-bond acceptors (Lipinski definition) is 2. The molecule has 0 aliphatic rings. The van der Waals surface area contributed by atoms with Gasteiger partial charge in [0.15, 0.2) is 12.2 Å². The first-order valence-corrected chi connectivity index (χ1v) is 7.91. The van der Waals surface area contributed by atoms with Gasteiger partial charge in [-0.2, -0.15) is 0 Å². The molecule has 4 nitrogen and oxygen atoms in total. The normalized spacial score (nSPS) is 10.5. The molecule has 1 heterocycles. The third kappa shape index (κ3) is 5.50. The molecule has 0 aliphatic heterocycles. The molecule has 0 bridgehead atoms. The monoisotopic (exact) mass is 395 g/mol. The Morgan fingerprint density at radius 1 is 0.880 bits per heavy atom. The zero-order valence-electron chi connectivity index (χ0n) is 13.2. The van der Waals surface area contributed by atoms with E-state index in [1.54, 1.807) is 6.20 Å². The third-order valence-electron chi connectivity index (χ3n) is 3.23. The molecule has 0 saturated heterocycles. The minimum Gasteiger partial charge on any atom is -0.509 e. The molecule has 3 aromatic rings. The van der Waals surface area contributed by atoms with Gasteiger partial charge in [-0.25, -0.2) is 0 Å². The largest absolute Gasteiger partial charge is 2.00 e. The van der Waals surface area contributed by atoms with Crippen molar-refractivity contribution in [2.45, 2.75) is 0 Å². The number of para-hydroxylation sites is 1. The van der Waals surface area contributed by atoms with Crippen molar-refractivity contribution in [1.29, 1.82) is 0 Å². The maximum atomic E-state index is 4.37. The van der Waals surface area contributed by atoms with E-state index in [0.717, 1.165) is 16.9 Å². The Hall–Kier alpha value is -2.53. The number of thiol groups is 1. The Labute approximate surface area is 162 Å². The van der Waals surface area contributed by atoms with Crippen molar-refractivity contribution in [2.24, 2.45) is 5.10 Å². The predicted octanol–water partition coefficient (Wildman–Crippen LogP) is 3.68. The topological polar surface area (TPSA) is 51.4 Å². The van der Waals surface area contributed by atoms with Gasteiger partial charge in [-0.3, -0.25) is 4.98 Å². The average molecular weight is 396 g/mol. The summed E-state index contributed by atoms with van der Waals surface area (Å²) >= 11 is 4.35. The first-order chi connectivity index (χ1) is 11.8. The van der Waals surface area contributed by atoms with Crippen LogP contribution < -0.4 is 5.32 Å². The Bertz CT molecular complexity index is 782. The fraction of sp³-hybridized carbons (Fsp3) is 0. The van der Waals surface area contributed by atoms with Gasteiger partial charge >= 0.3 is 17.1 Å². The molecule has 0 amide bonds. The summed E-state index contributed by atoms with van der Waals surface area (Å²) in [4.78, 5) is 4.37. The molecule has 1 aromatic heterocycles. The van der Waals surface area contributed by atoms with E-state index in [1.807, 2.05) is 78.9 Å². The maximum absolute atomic E-state index is 4.37. The van der Waals surface area contributed by atoms with Gasteiger partial charge in [0.05, 0.1) is 11.4 Å². The number of aromatic nitrogens is 1. The fourth-order valence-corrected chi connectivity index (χ4v) is 2.30. The van der Waals surface area contributed by atoms with Crippen LogP contribution in [0.3, 0.4) is 0 Å². The van der Waals surface area contributed by atoms with E-state index in [9.17, 15) is 0 Å². The SMILES string of the molecule is [Cu+2].[SH+]=C([N-]N=C(c1ccccc1)c1ccccn1)Nc1ccccc1. The van der Waals surface area contributed by atoms with E-state index < -0.39 is 0 Å². The molecule has 3 rings (SSSR count). The number of hydrogen-bond donors (Lipinski definition) is 1. The van der Waals surface area contributed by atoms with E-state index in [2.05, 4.69) is 33.0 Å². The van der Waals surface area contributed by atoms with Crippen LogP contribution in [0.5, 0.6) is 0 Å². The van der Waals surface area contributed by atoms with Crippen LogP contribution >= 0.6 is 0 Å². The van der Waals surface area contributed by atoms with Gasteiger partial charge < -0.3 is 15.8 Å². The van der Waals surface area contributed by atoms with Gasteiger partial charge in [-0.05, 0) is 24.3 Å². The van der Waals surface area contributed by atoms with Gasteiger partial charge in [-0.15, -0.1) is 0 Å². The summed E-state index contributed by atoms with van der Waals surface area (Å²) in [6.07, 6.45) is 1.74. The van der Waals surface area contributed by atoms with Crippen LogP contribution in [0, 0.1) is 0 Å². The van der Waals surface area contributed by atoms with E-state index in [1.165, 1.54) is 0 Å². The molecule has 0 unspecified atom stereocenters. The average Bonchev–Trinajstić information content (AvgIpc) is 2.64. The van der Waals surface area contributed by atoms with Gasteiger partial charge in [0.2, 0.25) is 5.11 Å². The molecule has 6 heteroatoms. The summed E-state index contributed by atoms with van der Waals surface area (Å²) < 4.78 is 0. The summed E-state index contributed by atoms with van der Waals surface area (Å²) in [5.41, 5.74) is 7.49. The molecule has 0 spiro atoms. The molecule has 0 aliphatic carbocycles. The first-order valence-electron chi connectivity index (χ1n) is 7.46. The third-order valence-corrected chi connectivity index (χ3v) is 3.43. The van der Waals surface area contributed by atoms with Crippen molar-refractivity contribution >= 4 is 28.7 Å². The molecule has 1 N–H and O–H groups in total. The summed E-state index contributed by atoms with van der Waals surface area (Å²) in [6.45, 7) is 0. The predicted molar refractivity (Wildman–Crippen MR) is 104 cm³/mol. The van der Waals surface area contributed by atoms with Crippen molar-refractivity contribution in [2.75, 3.05) is 5.32 Å². The number of anilines is 1. The summed E-state index contributed by atoms with van der Waals surface area (Å²) in [7, 11) is 0. The van der Waals surface area contributed by atoms with Gasteiger partial charge in [0, 0.05) is 17.4 Å². The van der Waals surface area contributed by atoms with Crippen LogP contribution in [0.1, 0.15) is 11.3 Å². The fourth-order valence-electron chi connectivity index (χ4n) is 2.13. The van der Waals surface area contributed by atoms with Crippen molar-refractivity contribution in [1.82, 2.24) is 4.98 Å². The smallest absolute Gasteiger partial charge is 0.509 e. The molecular formula is C19H16CuN4S+2. The van der Waals surface area contributed by atoms with E-state index in [-0.39, 0.29) is 17.1 Å². The van der Waals surface area contributed by atoms with Gasteiger partial charge in [-0.1, -0.05) is 54.6 Å². The molecule has 2 aromatic carbocycles. The Morgan fingerprint density at radius 2 is 1.52 bits per heavy atom. The molecule has 1 radical (unpaired) electrons. The first kappa shape index (κ1) is 18.8. The Morgan fingerprint density at radius 3 is 2.16 bits per heavy atom. The number of nitrogens with zero attached hydrogens (tertiary/aromatic N) is 3. The molecular weight excluding hydrogens is 380 g/mol. The second-order valence-electron chi connectivity index (χ2n) is 4.94. The van der Waals surface area contributed by atoms with Crippen molar-refractivity contribution < 1.29 is 17.1 Å². The number of benzene rings is 2. The molecule has 25 heavy (non-hydrogen) atoms. The Kier molecular flexibility index (Phi) is 7.29. The van der Waals surface area contributed by atoms with E-state index in [4.69, 9.17) is 0 Å². The minimum atomic E-state index is 0. The number of nitrogens with one attached hydrogen (secondary N) is 1. The maximum Gasteiger partial charge on any atom is 2.00 e. The minimum absolute atomic E-state index is 0. The van der Waals surface area contributed by atoms with Crippen LogP contribution in [0.15, 0.2) is 90.2 Å². The van der Waals surface area contributed by atoms with Crippen LogP contribution in [0.4, 0.5) is 5.69 Å².